The molecule has 7 nitrogen and oxygen atoms in total. The molecule has 0 spiro atoms. The molecular formula is C15H12ClF4N5O2. The zero-order chi connectivity index (χ0) is 19.6. The van der Waals surface area contributed by atoms with Crippen molar-refractivity contribution in [1.29, 1.82) is 0 Å². The van der Waals surface area contributed by atoms with Gasteiger partial charge in [0, 0.05) is 30.7 Å². The first kappa shape index (κ1) is 19.0. The molecule has 1 amide bonds. The average molecular weight is 406 g/mol. The third kappa shape index (κ3) is 4.30. The number of hydrogen-bond acceptors (Lipinski definition) is 4. The Balaban J connectivity index is 1.71. The van der Waals surface area contributed by atoms with Gasteiger partial charge >= 0.3 is 6.61 Å². The maximum Gasteiger partial charge on any atom is 0.388 e. The lowest BCUT2D eigenvalue weighted by Crippen LogP contribution is -2.23. The number of halogens is 5. The van der Waals surface area contributed by atoms with E-state index in [4.69, 9.17) is 11.6 Å². The molecular weight excluding hydrogens is 394 g/mol. The minimum Gasteiger partial charge on any atom is -0.415 e. The number of fused-ring (bicyclic) bond motifs is 1. The van der Waals surface area contributed by atoms with Crippen LogP contribution in [0.25, 0.3) is 5.65 Å². The number of carbonyl (C=O) groups excluding carboxylic acids is 1. The summed E-state index contributed by atoms with van der Waals surface area (Å²) in [4.78, 5) is 15.8. The van der Waals surface area contributed by atoms with E-state index in [1.807, 2.05) is 0 Å². The van der Waals surface area contributed by atoms with Gasteiger partial charge in [-0.2, -0.15) is 13.9 Å². The van der Waals surface area contributed by atoms with E-state index in [-0.39, 0.29) is 17.1 Å². The average Bonchev–Trinajstić information content (AvgIpc) is 3.17. The van der Waals surface area contributed by atoms with Crippen LogP contribution < -0.4 is 10.1 Å². The van der Waals surface area contributed by atoms with Crippen LogP contribution in [0, 0.1) is 0 Å². The minimum absolute atomic E-state index is 0.00247. The fourth-order valence-electron chi connectivity index (χ4n) is 2.45. The lowest BCUT2D eigenvalue weighted by molar-refractivity contribution is -0.0527. The first-order valence-electron chi connectivity index (χ1n) is 7.53. The molecule has 0 unspecified atom stereocenters. The van der Waals surface area contributed by atoms with Gasteiger partial charge in [0.2, 0.25) is 5.88 Å². The summed E-state index contributed by atoms with van der Waals surface area (Å²) in [5, 5.41) is 6.35. The molecule has 144 valence electrons. The predicted molar refractivity (Wildman–Crippen MR) is 86.2 cm³/mol. The number of amides is 1. The zero-order valence-corrected chi connectivity index (χ0v) is 14.2. The molecule has 0 saturated carbocycles. The monoisotopic (exact) mass is 405 g/mol. The van der Waals surface area contributed by atoms with E-state index in [1.54, 1.807) is 0 Å². The highest BCUT2D eigenvalue weighted by Crippen LogP contribution is 2.24. The number of ether oxygens (including phenoxy) is 1. The first-order chi connectivity index (χ1) is 12.8. The van der Waals surface area contributed by atoms with Crippen molar-refractivity contribution in [1.82, 2.24) is 24.5 Å². The van der Waals surface area contributed by atoms with Crippen LogP contribution in [-0.4, -0.2) is 38.1 Å². The topological polar surface area (TPSA) is 73.5 Å². The molecule has 1 N–H and O–H groups in total. The first-order valence-corrected chi connectivity index (χ1v) is 7.91. The zero-order valence-electron chi connectivity index (χ0n) is 13.5. The van der Waals surface area contributed by atoms with Gasteiger partial charge in [-0.15, -0.1) is 0 Å². The number of pyridine rings is 1. The van der Waals surface area contributed by atoms with E-state index in [2.05, 4.69) is 20.1 Å². The molecule has 0 radical (unpaired) electrons. The van der Waals surface area contributed by atoms with E-state index in [9.17, 15) is 22.4 Å². The normalized spacial score (nSPS) is 11.5. The Hall–Kier alpha value is -2.82. The van der Waals surface area contributed by atoms with Gasteiger partial charge in [-0.3, -0.25) is 4.79 Å². The van der Waals surface area contributed by atoms with E-state index < -0.39 is 31.4 Å². The summed E-state index contributed by atoms with van der Waals surface area (Å²) < 4.78 is 56.5. The Morgan fingerprint density at radius 3 is 2.70 bits per heavy atom. The number of nitrogens with one attached hydrogen (secondary N) is 1. The number of hydrogen-bond donors (Lipinski definition) is 1. The second-order valence-corrected chi connectivity index (χ2v) is 5.76. The molecule has 27 heavy (non-hydrogen) atoms. The Morgan fingerprint density at radius 1 is 1.26 bits per heavy atom. The van der Waals surface area contributed by atoms with Gasteiger partial charge in [0.15, 0.2) is 0 Å². The molecule has 0 aliphatic heterocycles. The maximum atomic E-state index is 12.7. The standard InChI is InChI=1S/C15H12ClF4N5O2/c16-10-3-8(4-22-13(10)27-15(19)20)12(26)21-5-9-6-23-25-2-1-24(14(9)25)7-11(17)18/h1-4,6,11,15H,5,7H2,(H,21,26). The smallest absolute Gasteiger partial charge is 0.388 e. The molecule has 12 heteroatoms. The fraction of sp³-hybridized carbons (Fsp3) is 0.267. The van der Waals surface area contributed by atoms with Crippen LogP contribution in [0.3, 0.4) is 0 Å². The summed E-state index contributed by atoms with van der Waals surface area (Å²) >= 11 is 5.76. The van der Waals surface area contributed by atoms with Crippen LogP contribution in [0.2, 0.25) is 5.02 Å². The summed E-state index contributed by atoms with van der Waals surface area (Å²) in [5.41, 5.74) is 0.964. The van der Waals surface area contributed by atoms with Crippen molar-refractivity contribution in [3.63, 3.8) is 0 Å². The van der Waals surface area contributed by atoms with Crippen LogP contribution >= 0.6 is 11.6 Å². The number of nitrogens with zero attached hydrogens (tertiary/aromatic N) is 4. The molecule has 0 fully saturated rings. The van der Waals surface area contributed by atoms with E-state index in [1.165, 1.54) is 27.7 Å². The molecule has 0 aliphatic rings. The fourth-order valence-corrected chi connectivity index (χ4v) is 2.66. The predicted octanol–water partition coefficient (Wildman–Crippen LogP) is 2.98. The molecule has 3 rings (SSSR count). The summed E-state index contributed by atoms with van der Waals surface area (Å²) in [7, 11) is 0. The van der Waals surface area contributed by atoms with Gasteiger partial charge in [0.05, 0.1) is 18.3 Å². The summed E-state index contributed by atoms with van der Waals surface area (Å²) in [6.07, 6.45) is 2.93. The molecule has 3 heterocycles. The molecule has 3 aromatic rings. The van der Waals surface area contributed by atoms with E-state index >= 15 is 0 Å². The van der Waals surface area contributed by atoms with Crippen LogP contribution in [0.1, 0.15) is 15.9 Å². The molecule has 0 bridgehead atoms. The van der Waals surface area contributed by atoms with E-state index in [0.717, 1.165) is 12.3 Å². The highest BCUT2D eigenvalue weighted by atomic mass is 35.5. The Kier molecular flexibility index (Phi) is 5.49. The second-order valence-electron chi connectivity index (χ2n) is 5.35. The lowest BCUT2D eigenvalue weighted by Gasteiger charge is -2.08. The number of carbonyl (C=O) groups is 1. The Morgan fingerprint density at radius 2 is 2.04 bits per heavy atom. The van der Waals surface area contributed by atoms with Crippen molar-refractivity contribution in [2.45, 2.75) is 26.1 Å². The largest absolute Gasteiger partial charge is 0.415 e. The number of imidazole rings is 1. The highest BCUT2D eigenvalue weighted by molar-refractivity contribution is 6.32. The Labute approximate surface area is 154 Å². The number of aromatic nitrogens is 4. The van der Waals surface area contributed by atoms with Gasteiger partial charge in [-0.05, 0) is 6.07 Å². The minimum atomic E-state index is -3.09. The van der Waals surface area contributed by atoms with E-state index in [0.29, 0.717) is 11.2 Å². The third-order valence-corrected chi connectivity index (χ3v) is 3.82. The highest BCUT2D eigenvalue weighted by Gasteiger charge is 2.16. The van der Waals surface area contributed by atoms with Crippen molar-refractivity contribution in [2.24, 2.45) is 0 Å². The van der Waals surface area contributed by atoms with Gasteiger partial charge in [-0.1, -0.05) is 11.6 Å². The van der Waals surface area contributed by atoms with Gasteiger partial charge in [-0.25, -0.2) is 18.3 Å². The van der Waals surface area contributed by atoms with Crippen molar-refractivity contribution in [2.75, 3.05) is 0 Å². The third-order valence-electron chi connectivity index (χ3n) is 3.55. The van der Waals surface area contributed by atoms with Crippen molar-refractivity contribution < 1.29 is 27.1 Å². The van der Waals surface area contributed by atoms with Gasteiger partial charge < -0.3 is 14.6 Å². The molecule has 0 aromatic carbocycles. The number of rotatable bonds is 7. The maximum absolute atomic E-state index is 12.7. The summed E-state index contributed by atoms with van der Waals surface area (Å²) in [6.45, 7) is -3.60. The quantitative estimate of drug-likeness (QED) is 0.613. The Bertz CT molecular complexity index is 959. The molecule has 3 aromatic heterocycles. The van der Waals surface area contributed by atoms with Crippen LogP contribution in [0.4, 0.5) is 17.6 Å². The summed E-state index contributed by atoms with van der Waals surface area (Å²) in [6, 6.07) is 1.13. The lowest BCUT2D eigenvalue weighted by atomic mass is 10.2. The van der Waals surface area contributed by atoms with Gasteiger partial charge in [0.25, 0.3) is 12.3 Å². The van der Waals surface area contributed by atoms with Crippen molar-refractivity contribution in [3.05, 3.63) is 47.0 Å². The SMILES string of the molecule is O=C(NCc1cnn2ccn(CC(F)F)c12)c1cnc(OC(F)F)c(Cl)c1. The second kappa shape index (κ2) is 7.82. The van der Waals surface area contributed by atoms with Crippen LogP contribution in [0.15, 0.2) is 30.9 Å². The van der Waals surface area contributed by atoms with Gasteiger partial charge in [0.1, 0.15) is 10.7 Å². The molecule has 0 saturated heterocycles. The van der Waals surface area contributed by atoms with Crippen LogP contribution in [0.5, 0.6) is 5.88 Å². The van der Waals surface area contributed by atoms with Crippen molar-refractivity contribution >= 4 is 23.2 Å². The number of alkyl halides is 4. The van der Waals surface area contributed by atoms with Crippen LogP contribution in [-0.2, 0) is 13.1 Å². The van der Waals surface area contributed by atoms with Crippen molar-refractivity contribution in [3.8, 4) is 5.88 Å². The summed E-state index contributed by atoms with van der Waals surface area (Å²) in [5.74, 6) is -1.08. The molecule has 0 atom stereocenters. The molecule has 0 aliphatic carbocycles.